The minimum Gasteiger partial charge on any atom is -0.507 e. The molecule has 1 aliphatic heterocycles. The first-order chi connectivity index (χ1) is 10.9. The van der Waals surface area contributed by atoms with E-state index in [2.05, 4.69) is 0 Å². The summed E-state index contributed by atoms with van der Waals surface area (Å²) in [6.07, 6.45) is -0.0378. The third kappa shape index (κ3) is 2.68. The Labute approximate surface area is 136 Å². The number of carbonyl (C=O) groups is 2. The van der Waals surface area contributed by atoms with Crippen molar-refractivity contribution in [3.8, 4) is 11.5 Å². The minimum atomic E-state index is -0.573. The molecule has 0 aliphatic carbocycles. The van der Waals surface area contributed by atoms with Crippen molar-refractivity contribution in [1.82, 2.24) is 0 Å². The molecule has 1 aliphatic rings. The molecule has 0 aromatic heterocycles. The number of fused-ring (bicyclic) bond motifs is 1. The third-order valence-electron chi connectivity index (χ3n) is 3.85. The van der Waals surface area contributed by atoms with E-state index in [0.717, 1.165) is 0 Å². The number of carbonyl (C=O) groups excluding carboxylic acids is 2. The summed E-state index contributed by atoms with van der Waals surface area (Å²) < 4.78 is 18.5. The van der Waals surface area contributed by atoms with Crippen molar-refractivity contribution in [1.29, 1.82) is 0 Å². The van der Waals surface area contributed by atoms with Crippen LogP contribution in [0.1, 0.15) is 40.7 Å². The largest absolute Gasteiger partial charge is 0.507 e. The fourth-order valence-corrected chi connectivity index (χ4v) is 2.94. The molecular weight excluding hydrogens is 323 g/mol. The van der Waals surface area contributed by atoms with Gasteiger partial charge in [0.1, 0.15) is 17.3 Å². The first-order valence-corrected chi connectivity index (χ1v) is 7.28. The second-order valence-corrected chi connectivity index (χ2v) is 5.74. The molecule has 0 saturated heterocycles. The van der Waals surface area contributed by atoms with Crippen LogP contribution < -0.4 is 4.74 Å². The lowest BCUT2D eigenvalue weighted by Crippen LogP contribution is -2.21. The summed E-state index contributed by atoms with van der Waals surface area (Å²) in [5.41, 5.74) is 1.03. The number of hydrogen-bond donors (Lipinski definition) is 1. The van der Waals surface area contributed by atoms with E-state index >= 15 is 0 Å². The van der Waals surface area contributed by atoms with Crippen molar-refractivity contribution in [3.63, 3.8) is 0 Å². The Morgan fingerprint density at radius 1 is 1.35 bits per heavy atom. The number of phenolic OH excluding ortho intramolecular Hbond substituents is 1. The van der Waals surface area contributed by atoms with Gasteiger partial charge in [-0.05, 0) is 36.8 Å². The molecule has 23 heavy (non-hydrogen) atoms. The average molecular weight is 335 g/mol. The van der Waals surface area contributed by atoms with E-state index in [1.165, 1.54) is 37.3 Å². The fraction of sp³-hybridized carbons (Fsp3) is 0.176. The van der Waals surface area contributed by atoms with Crippen molar-refractivity contribution in [2.45, 2.75) is 19.3 Å². The van der Waals surface area contributed by atoms with Crippen LogP contribution in [0.3, 0.4) is 0 Å². The van der Waals surface area contributed by atoms with Crippen LogP contribution in [0.25, 0.3) is 0 Å². The Kier molecular flexibility index (Phi) is 3.82. The monoisotopic (exact) mass is 334 g/mol. The first kappa shape index (κ1) is 15.5. The fourth-order valence-electron chi connectivity index (χ4n) is 2.75. The van der Waals surface area contributed by atoms with Crippen molar-refractivity contribution in [2.75, 3.05) is 0 Å². The zero-order valence-electron chi connectivity index (χ0n) is 12.1. The highest BCUT2D eigenvalue weighted by Gasteiger charge is 2.33. The van der Waals surface area contributed by atoms with Crippen molar-refractivity contribution < 1.29 is 23.8 Å². The van der Waals surface area contributed by atoms with E-state index in [1.54, 1.807) is 0 Å². The number of benzene rings is 2. The van der Waals surface area contributed by atoms with Crippen molar-refractivity contribution in [3.05, 3.63) is 57.9 Å². The zero-order chi connectivity index (χ0) is 16.7. The van der Waals surface area contributed by atoms with Gasteiger partial charge < -0.3 is 9.84 Å². The highest BCUT2D eigenvalue weighted by Crippen LogP contribution is 2.45. The van der Waals surface area contributed by atoms with Crippen molar-refractivity contribution >= 4 is 23.4 Å². The van der Waals surface area contributed by atoms with Crippen LogP contribution in [0.2, 0.25) is 5.02 Å². The molecule has 1 heterocycles. The molecule has 0 amide bonds. The number of halogens is 2. The van der Waals surface area contributed by atoms with Gasteiger partial charge in [0.15, 0.2) is 5.78 Å². The molecule has 0 fully saturated rings. The van der Waals surface area contributed by atoms with Gasteiger partial charge >= 0.3 is 5.97 Å². The number of aromatic hydroxyl groups is 1. The Bertz CT molecular complexity index is 832. The predicted molar refractivity (Wildman–Crippen MR) is 81.6 cm³/mol. The molecule has 0 saturated carbocycles. The van der Waals surface area contributed by atoms with E-state index in [-0.39, 0.29) is 34.3 Å². The summed E-state index contributed by atoms with van der Waals surface area (Å²) in [7, 11) is 0. The predicted octanol–water partition coefficient (Wildman–Crippen LogP) is 3.83. The van der Waals surface area contributed by atoms with Gasteiger partial charge in [0.25, 0.3) is 0 Å². The number of hydrogen-bond acceptors (Lipinski definition) is 4. The van der Waals surface area contributed by atoms with Crippen LogP contribution in [0.4, 0.5) is 4.39 Å². The number of ketones is 1. The van der Waals surface area contributed by atoms with Gasteiger partial charge in [0, 0.05) is 11.5 Å². The van der Waals surface area contributed by atoms with Gasteiger partial charge in [0.05, 0.1) is 17.0 Å². The van der Waals surface area contributed by atoms with Crippen LogP contribution >= 0.6 is 11.6 Å². The van der Waals surface area contributed by atoms with Crippen LogP contribution in [-0.2, 0) is 4.79 Å². The van der Waals surface area contributed by atoms with Crippen LogP contribution in [0, 0.1) is 5.82 Å². The summed E-state index contributed by atoms with van der Waals surface area (Å²) in [4.78, 5) is 23.4. The van der Waals surface area contributed by atoms with Gasteiger partial charge in [-0.15, -0.1) is 0 Å². The molecule has 2 aromatic carbocycles. The Hall–Kier alpha value is -2.40. The normalized spacial score (nSPS) is 16.7. The van der Waals surface area contributed by atoms with E-state index < -0.39 is 17.7 Å². The maximum Gasteiger partial charge on any atom is 0.312 e. The maximum atomic E-state index is 13.4. The summed E-state index contributed by atoms with van der Waals surface area (Å²) in [6, 6.07) is 6.98. The molecule has 118 valence electrons. The standard InChI is InChI=1S/C17H12ClFO4/c1-8(20)10-3-5-14-16(17(10)22)11(7-15(21)23-14)9-2-4-13(19)12(18)6-9/h2-6,11,22H,7H2,1H3. The lowest BCUT2D eigenvalue weighted by Gasteiger charge is -2.26. The molecule has 2 aromatic rings. The lowest BCUT2D eigenvalue weighted by atomic mass is 9.84. The molecule has 0 spiro atoms. The number of Topliss-reactive ketones (excluding diaryl/α,β-unsaturated/α-hetero) is 1. The third-order valence-corrected chi connectivity index (χ3v) is 4.14. The molecule has 6 heteroatoms. The van der Waals surface area contributed by atoms with E-state index in [4.69, 9.17) is 16.3 Å². The first-order valence-electron chi connectivity index (χ1n) is 6.91. The highest BCUT2D eigenvalue weighted by atomic mass is 35.5. The van der Waals surface area contributed by atoms with Crippen LogP contribution in [0.5, 0.6) is 11.5 Å². The molecule has 1 unspecified atom stereocenters. The lowest BCUT2D eigenvalue weighted by molar-refractivity contribution is -0.135. The van der Waals surface area contributed by atoms with Crippen LogP contribution in [-0.4, -0.2) is 16.9 Å². The zero-order valence-corrected chi connectivity index (χ0v) is 12.9. The van der Waals surface area contributed by atoms with Gasteiger partial charge in [-0.25, -0.2) is 4.39 Å². The van der Waals surface area contributed by atoms with Gasteiger partial charge in [0.2, 0.25) is 0 Å². The molecular formula is C17H12ClFO4. The van der Waals surface area contributed by atoms with E-state index in [0.29, 0.717) is 11.1 Å². The molecule has 3 rings (SSSR count). The smallest absolute Gasteiger partial charge is 0.312 e. The average Bonchev–Trinajstić information content (AvgIpc) is 2.49. The number of phenols is 1. The highest BCUT2D eigenvalue weighted by molar-refractivity contribution is 6.30. The Morgan fingerprint density at radius 2 is 2.09 bits per heavy atom. The maximum absolute atomic E-state index is 13.4. The number of esters is 1. The topological polar surface area (TPSA) is 63.6 Å². The van der Waals surface area contributed by atoms with E-state index in [1.807, 2.05) is 0 Å². The second-order valence-electron chi connectivity index (χ2n) is 5.33. The summed E-state index contributed by atoms with van der Waals surface area (Å²) in [6.45, 7) is 1.33. The van der Waals surface area contributed by atoms with Gasteiger partial charge in [-0.2, -0.15) is 0 Å². The minimum absolute atomic E-state index is 0.0378. The summed E-state index contributed by atoms with van der Waals surface area (Å²) in [5, 5.41) is 10.3. The second kappa shape index (κ2) is 5.66. The van der Waals surface area contributed by atoms with Gasteiger partial charge in [-0.1, -0.05) is 17.7 Å². The molecule has 0 bridgehead atoms. The molecule has 1 N–H and O–H groups in total. The molecule has 1 atom stereocenters. The molecule has 4 nitrogen and oxygen atoms in total. The molecule has 0 radical (unpaired) electrons. The van der Waals surface area contributed by atoms with Crippen molar-refractivity contribution in [2.24, 2.45) is 0 Å². The number of ether oxygens (including phenoxy) is 1. The Balaban J connectivity index is 2.20. The quantitative estimate of drug-likeness (QED) is 0.515. The number of rotatable bonds is 2. The van der Waals surface area contributed by atoms with Gasteiger partial charge in [-0.3, -0.25) is 9.59 Å². The van der Waals surface area contributed by atoms with Crippen LogP contribution in [0.15, 0.2) is 30.3 Å². The SMILES string of the molecule is CC(=O)c1ccc2c(c1O)C(c1ccc(F)c(Cl)c1)CC(=O)O2. The van der Waals surface area contributed by atoms with E-state index in [9.17, 15) is 19.1 Å². The Morgan fingerprint density at radius 3 is 2.74 bits per heavy atom. The summed E-state index contributed by atoms with van der Waals surface area (Å²) in [5.74, 6) is -1.96. The summed E-state index contributed by atoms with van der Waals surface area (Å²) >= 11 is 5.81.